The van der Waals surface area contributed by atoms with Crippen LogP contribution in [0, 0.1) is 0 Å². The van der Waals surface area contributed by atoms with Gasteiger partial charge in [-0.1, -0.05) is 214 Å². The predicted molar refractivity (Wildman–Crippen MR) is 297 cm³/mol. The minimum absolute atomic E-state index is 0.103. The first-order valence-electron chi connectivity index (χ1n) is 28.4. The average molecular weight is 958 g/mol. The molecule has 0 aliphatic rings. The van der Waals surface area contributed by atoms with Crippen LogP contribution < -0.4 is 0 Å². The Hall–Kier alpha value is -3.93. The molecule has 0 fully saturated rings. The van der Waals surface area contributed by atoms with Gasteiger partial charge in [0.05, 0.1) is 0 Å². The molecule has 0 aliphatic heterocycles. The number of esters is 3. The third-order valence-corrected chi connectivity index (χ3v) is 11.7. The first-order valence-corrected chi connectivity index (χ1v) is 28.4. The van der Waals surface area contributed by atoms with E-state index in [1.807, 2.05) is 0 Å². The van der Waals surface area contributed by atoms with E-state index in [2.05, 4.69) is 130 Å². The highest BCUT2D eigenvalue weighted by molar-refractivity contribution is 5.71. The van der Waals surface area contributed by atoms with Gasteiger partial charge in [0, 0.05) is 19.3 Å². The number of carbonyl (C=O) groups excluding carboxylic acids is 3. The molecule has 69 heavy (non-hydrogen) atoms. The lowest BCUT2D eigenvalue weighted by atomic mass is 10.1. The van der Waals surface area contributed by atoms with E-state index in [0.717, 1.165) is 148 Å². The summed E-state index contributed by atoms with van der Waals surface area (Å²) in [6.45, 7) is 6.44. The van der Waals surface area contributed by atoms with Crippen molar-refractivity contribution in [3.05, 3.63) is 109 Å². The van der Waals surface area contributed by atoms with Gasteiger partial charge >= 0.3 is 17.9 Å². The van der Waals surface area contributed by atoms with Gasteiger partial charge in [-0.25, -0.2) is 0 Å². The van der Waals surface area contributed by atoms with Gasteiger partial charge in [0.15, 0.2) is 6.10 Å². The average Bonchev–Trinajstić information content (AvgIpc) is 3.35. The molecule has 0 saturated carbocycles. The molecular formula is C63H104O6. The summed E-state index contributed by atoms with van der Waals surface area (Å²) in [6, 6.07) is 0. The van der Waals surface area contributed by atoms with E-state index in [1.165, 1.54) is 64.2 Å². The number of rotatable bonds is 50. The van der Waals surface area contributed by atoms with Crippen LogP contribution in [-0.2, 0) is 28.6 Å². The molecule has 1 atom stereocenters. The van der Waals surface area contributed by atoms with Gasteiger partial charge in [-0.05, 0) is 128 Å². The first kappa shape index (κ1) is 65.1. The van der Waals surface area contributed by atoms with Crippen molar-refractivity contribution in [1.29, 1.82) is 0 Å². The lowest BCUT2D eigenvalue weighted by Gasteiger charge is -2.18. The Morgan fingerprint density at radius 1 is 0.304 bits per heavy atom. The Balaban J connectivity index is 4.51. The normalized spacial score (nSPS) is 12.9. The zero-order chi connectivity index (χ0) is 50.0. The highest BCUT2D eigenvalue weighted by atomic mass is 16.6. The Morgan fingerprint density at radius 3 is 0.899 bits per heavy atom. The molecule has 0 aliphatic carbocycles. The minimum atomic E-state index is -0.808. The highest BCUT2D eigenvalue weighted by Gasteiger charge is 2.19. The molecule has 0 aromatic rings. The fraction of sp³-hybridized carbons (Fsp3) is 0.667. The number of carbonyl (C=O) groups is 3. The van der Waals surface area contributed by atoms with Crippen LogP contribution >= 0.6 is 0 Å². The van der Waals surface area contributed by atoms with E-state index in [-0.39, 0.29) is 31.1 Å². The van der Waals surface area contributed by atoms with Crippen molar-refractivity contribution in [3.63, 3.8) is 0 Å². The largest absolute Gasteiger partial charge is 0.462 e. The number of hydrogen-bond donors (Lipinski definition) is 0. The summed E-state index contributed by atoms with van der Waals surface area (Å²) in [5.41, 5.74) is 0. The van der Waals surface area contributed by atoms with Gasteiger partial charge in [0.1, 0.15) is 13.2 Å². The SMILES string of the molecule is CC/C=C\C/C=C\C/C=C\C/C=C\C/C=C\CCCCCC(=O)OCC(COC(=O)CCCCCCC/C=C\C/C=C\CCCCCC)OC(=O)CCCCCCC/C=C\C/C=C\CCCCCC. The fourth-order valence-corrected chi connectivity index (χ4v) is 7.47. The number of allylic oxidation sites excluding steroid dienone is 18. The van der Waals surface area contributed by atoms with E-state index < -0.39 is 6.10 Å². The summed E-state index contributed by atoms with van der Waals surface area (Å²) in [4.78, 5) is 38.1. The van der Waals surface area contributed by atoms with E-state index >= 15 is 0 Å². The van der Waals surface area contributed by atoms with E-state index in [0.29, 0.717) is 19.3 Å². The molecule has 0 aromatic heterocycles. The summed E-state index contributed by atoms with van der Waals surface area (Å²) in [5.74, 6) is -0.963. The zero-order valence-corrected chi connectivity index (χ0v) is 44.8. The third-order valence-electron chi connectivity index (χ3n) is 11.7. The second-order valence-electron chi connectivity index (χ2n) is 18.5. The van der Waals surface area contributed by atoms with Crippen LogP contribution in [0.1, 0.15) is 252 Å². The third kappa shape index (κ3) is 54.9. The monoisotopic (exact) mass is 957 g/mol. The fourth-order valence-electron chi connectivity index (χ4n) is 7.47. The van der Waals surface area contributed by atoms with Gasteiger partial charge in [0.25, 0.3) is 0 Å². The van der Waals surface area contributed by atoms with Crippen LogP contribution in [0.4, 0.5) is 0 Å². The quantitative estimate of drug-likeness (QED) is 0.0262. The lowest BCUT2D eigenvalue weighted by Crippen LogP contribution is -2.30. The van der Waals surface area contributed by atoms with Crippen LogP contribution in [0.25, 0.3) is 0 Å². The Labute approximate surface area is 425 Å². The van der Waals surface area contributed by atoms with Gasteiger partial charge in [-0.15, -0.1) is 0 Å². The molecule has 1 unspecified atom stereocenters. The van der Waals surface area contributed by atoms with E-state index in [4.69, 9.17) is 14.2 Å². The Kier molecular flexibility index (Phi) is 53.4. The maximum absolute atomic E-state index is 12.8. The van der Waals surface area contributed by atoms with Crippen molar-refractivity contribution in [3.8, 4) is 0 Å². The minimum Gasteiger partial charge on any atom is -0.462 e. The maximum atomic E-state index is 12.8. The zero-order valence-electron chi connectivity index (χ0n) is 44.8. The molecule has 0 rings (SSSR count). The summed E-state index contributed by atoms with van der Waals surface area (Å²) in [6.07, 6.45) is 76.4. The van der Waals surface area contributed by atoms with E-state index in [9.17, 15) is 14.4 Å². The summed E-state index contributed by atoms with van der Waals surface area (Å²) < 4.78 is 16.8. The topological polar surface area (TPSA) is 78.9 Å². The van der Waals surface area contributed by atoms with Crippen molar-refractivity contribution in [2.75, 3.05) is 13.2 Å². The molecule has 6 nitrogen and oxygen atoms in total. The van der Waals surface area contributed by atoms with Gasteiger partial charge in [0.2, 0.25) is 0 Å². The van der Waals surface area contributed by atoms with Gasteiger partial charge in [-0.2, -0.15) is 0 Å². The molecule has 0 N–H and O–H groups in total. The molecule has 0 aromatic carbocycles. The van der Waals surface area contributed by atoms with E-state index in [1.54, 1.807) is 0 Å². The van der Waals surface area contributed by atoms with Crippen molar-refractivity contribution in [2.24, 2.45) is 0 Å². The lowest BCUT2D eigenvalue weighted by molar-refractivity contribution is -0.167. The second kappa shape index (κ2) is 56.7. The number of hydrogen-bond acceptors (Lipinski definition) is 6. The van der Waals surface area contributed by atoms with Crippen LogP contribution in [0.5, 0.6) is 0 Å². The van der Waals surface area contributed by atoms with Crippen LogP contribution in [0.15, 0.2) is 109 Å². The summed E-state index contributed by atoms with van der Waals surface area (Å²) in [7, 11) is 0. The second-order valence-corrected chi connectivity index (χ2v) is 18.5. The van der Waals surface area contributed by atoms with Crippen molar-refractivity contribution >= 4 is 17.9 Å². The molecule has 0 bridgehead atoms. The van der Waals surface area contributed by atoms with Crippen molar-refractivity contribution in [1.82, 2.24) is 0 Å². The molecule has 0 radical (unpaired) electrons. The summed E-state index contributed by atoms with van der Waals surface area (Å²) >= 11 is 0. The molecular weight excluding hydrogens is 853 g/mol. The molecule has 392 valence electrons. The first-order chi connectivity index (χ1) is 34.0. The molecule has 0 spiro atoms. The van der Waals surface area contributed by atoms with Crippen LogP contribution in [0.2, 0.25) is 0 Å². The van der Waals surface area contributed by atoms with Gasteiger partial charge < -0.3 is 14.2 Å². The van der Waals surface area contributed by atoms with Crippen LogP contribution in [0.3, 0.4) is 0 Å². The number of ether oxygens (including phenoxy) is 3. The molecule has 6 heteroatoms. The highest BCUT2D eigenvalue weighted by Crippen LogP contribution is 2.13. The molecule has 0 amide bonds. The van der Waals surface area contributed by atoms with Crippen molar-refractivity contribution in [2.45, 2.75) is 258 Å². The Morgan fingerprint density at radius 2 is 0.565 bits per heavy atom. The summed E-state index contributed by atoms with van der Waals surface area (Å²) in [5, 5.41) is 0. The number of unbranched alkanes of at least 4 members (excludes halogenated alkanes) is 21. The maximum Gasteiger partial charge on any atom is 0.306 e. The van der Waals surface area contributed by atoms with Crippen LogP contribution in [-0.4, -0.2) is 37.2 Å². The van der Waals surface area contributed by atoms with Gasteiger partial charge in [-0.3, -0.25) is 14.4 Å². The predicted octanol–water partition coefficient (Wildman–Crippen LogP) is 19.1. The standard InChI is InChI=1S/C63H104O6/c1-4-7-10-13-16-19-22-25-28-31-32-33-36-38-41-44-47-50-53-56-62(65)68-59-60(69-63(66)57-54-51-48-45-42-39-35-30-27-24-21-18-15-12-9-6-3)58-67-61(64)55-52-49-46-43-40-37-34-29-26-23-20-17-14-11-8-5-2/h7,10,16,19-21,23-25,28-30,32-35,38,41,60H,4-6,8-9,11-15,17-18,22,26-27,31,36-37,39-40,42-59H2,1-3H3/b10-7-,19-16-,23-20-,24-21-,28-25-,33-32-,34-29-,35-30-,41-38-. The van der Waals surface area contributed by atoms with Crippen molar-refractivity contribution < 1.29 is 28.6 Å². The molecule has 0 saturated heterocycles. The molecule has 0 heterocycles. The smallest absolute Gasteiger partial charge is 0.306 e. The Bertz CT molecular complexity index is 1420.